The number of amides is 1. The van der Waals surface area contributed by atoms with Gasteiger partial charge in [-0.05, 0) is 31.2 Å². The first-order valence-corrected chi connectivity index (χ1v) is 8.46. The molecule has 1 aliphatic rings. The van der Waals surface area contributed by atoms with E-state index in [1.807, 2.05) is 31.2 Å². The van der Waals surface area contributed by atoms with Crippen LogP contribution in [0.1, 0.15) is 17.5 Å². The number of methoxy groups -OCH3 is 3. The zero-order chi connectivity index (χ0) is 19.4. The minimum atomic E-state index is -0.694. The third kappa shape index (κ3) is 3.97. The van der Waals surface area contributed by atoms with Crippen LogP contribution in [0, 0.1) is 6.92 Å². The summed E-state index contributed by atoms with van der Waals surface area (Å²) in [5.74, 6) is 1.28. The van der Waals surface area contributed by atoms with Gasteiger partial charge in [-0.3, -0.25) is 4.79 Å². The van der Waals surface area contributed by atoms with E-state index in [2.05, 4.69) is 10.5 Å². The monoisotopic (exact) mass is 370 g/mol. The van der Waals surface area contributed by atoms with Crippen molar-refractivity contribution in [3.05, 3.63) is 47.5 Å². The highest BCUT2D eigenvalue weighted by Crippen LogP contribution is 2.39. The van der Waals surface area contributed by atoms with Gasteiger partial charge in [0.25, 0.3) is 5.91 Å². The molecule has 1 atom stereocenters. The summed E-state index contributed by atoms with van der Waals surface area (Å²) < 4.78 is 16.0. The Morgan fingerprint density at radius 3 is 2.26 bits per heavy atom. The SMILES string of the molecule is COc1cc(C2=NO[C@H](C(=O)Nc3ccc(C)cc3)C2)cc(OC)c1OC. The van der Waals surface area contributed by atoms with E-state index in [1.54, 1.807) is 33.5 Å². The standard InChI is InChI=1S/C20H22N2O5/c1-12-5-7-14(8-6-12)21-20(23)18-11-15(22-27-18)13-9-16(24-2)19(26-4)17(10-13)25-3/h5-10,18H,11H2,1-4H3,(H,21,23)/t18-/m0/s1. The minimum Gasteiger partial charge on any atom is -0.493 e. The lowest BCUT2D eigenvalue weighted by atomic mass is 10.0. The lowest BCUT2D eigenvalue weighted by molar-refractivity contribution is -0.125. The van der Waals surface area contributed by atoms with Crippen LogP contribution in [0.5, 0.6) is 17.2 Å². The van der Waals surface area contributed by atoms with Crippen LogP contribution in [0.3, 0.4) is 0 Å². The van der Waals surface area contributed by atoms with Crippen molar-refractivity contribution in [2.45, 2.75) is 19.4 Å². The van der Waals surface area contributed by atoms with Gasteiger partial charge in [0.15, 0.2) is 11.5 Å². The number of nitrogens with zero attached hydrogens (tertiary/aromatic N) is 1. The number of carbonyl (C=O) groups excluding carboxylic acids is 1. The number of hydrogen-bond donors (Lipinski definition) is 1. The number of oxime groups is 1. The lowest BCUT2D eigenvalue weighted by Gasteiger charge is -2.14. The molecule has 27 heavy (non-hydrogen) atoms. The van der Waals surface area contributed by atoms with E-state index in [9.17, 15) is 4.79 Å². The molecule has 0 saturated heterocycles. The summed E-state index contributed by atoms with van der Waals surface area (Å²) in [7, 11) is 4.64. The molecule has 0 saturated carbocycles. The first-order chi connectivity index (χ1) is 13.0. The van der Waals surface area contributed by atoms with Crippen molar-refractivity contribution in [2.24, 2.45) is 5.16 Å². The molecule has 0 fully saturated rings. The van der Waals surface area contributed by atoms with Crippen molar-refractivity contribution >= 4 is 17.3 Å². The van der Waals surface area contributed by atoms with Crippen LogP contribution in [0.25, 0.3) is 0 Å². The van der Waals surface area contributed by atoms with Crippen LogP contribution in [-0.2, 0) is 9.63 Å². The van der Waals surface area contributed by atoms with E-state index in [-0.39, 0.29) is 5.91 Å². The van der Waals surface area contributed by atoms with Gasteiger partial charge in [0, 0.05) is 17.7 Å². The number of ether oxygens (including phenoxy) is 3. The number of rotatable bonds is 6. The first-order valence-electron chi connectivity index (χ1n) is 8.46. The van der Waals surface area contributed by atoms with Crippen LogP contribution >= 0.6 is 0 Å². The molecular formula is C20H22N2O5. The average Bonchev–Trinajstić information content (AvgIpc) is 3.19. The van der Waals surface area contributed by atoms with Gasteiger partial charge < -0.3 is 24.4 Å². The van der Waals surface area contributed by atoms with Crippen molar-refractivity contribution < 1.29 is 23.8 Å². The molecule has 0 bridgehead atoms. The molecule has 1 amide bonds. The number of anilines is 1. The summed E-state index contributed by atoms with van der Waals surface area (Å²) in [5.41, 5.74) is 3.22. The minimum absolute atomic E-state index is 0.245. The molecule has 1 heterocycles. The average molecular weight is 370 g/mol. The second-order valence-corrected chi connectivity index (χ2v) is 6.11. The Balaban J connectivity index is 1.73. The van der Waals surface area contributed by atoms with Gasteiger partial charge in [0.05, 0.1) is 27.0 Å². The number of hydrogen-bond acceptors (Lipinski definition) is 6. The normalized spacial score (nSPS) is 15.6. The Labute approximate surface area is 157 Å². The van der Waals surface area contributed by atoms with Gasteiger partial charge in [-0.1, -0.05) is 22.9 Å². The molecule has 7 nitrogen and oxygen atoms in total. The summed E-state index contributed by atoms with van der Waals surface area (Å²) in [6.07, 6.45) is -0.350. The summed E-state index contributed by atoms with van der Waals surface area (Å²) >= 11 is 0. The molecule has 0 radical (unpaired) electrons. The van der Waals surface area contributed by atoms with E-state index in [0.29, 0.717) is 29.4 Å². The van der Waals surface area contributed by atoms with E-state index in [1.165, 1.54) is 0 Å². The van der Waals surface area contributed by atoms with Crippen molar-refractivity contribution in [1.82, 2.24) is 0 Å². The molecule has 0 aromatic heterocycles. The highest BCUT2D eigenvalue weighted by Gasteiger charge is 2.30. The van der Waals surface area contributed by atoms with Crippen molar-refractivity contribution in [3.63, 3.8) is 0 Å². The summed E-state index contributed by atoms with van der Waals surface area (Å²) in [6, 6.07) is 11.1. The molecule has 0 spiro atoms. The van der Waals surface area contributed by atoms with Gasteiger partial charge in [-0.25, -0.2) is 0 Å². The van der Waals surface area contributed by atoms with Crippen LogP contribution in [0.4, 0.5) is 5.69 Å². The van der Waals surface area contributed by atoms with Gasteiger partial charge in [-0.15, -0.1) is 0 Å². The molecule has 2 aromatic rings. The molecule has 3 rings (SSSR count). The van der Waals surface area contributed by atoms with Crippen molar-refractivity contribution in [1.29, 1.82) is 0 Å². The van der Waals surface area contributed by atoms with Gasteiger partial charge in [0.2, 0.25) is 11.9 Å². The fourth-order valence-electron chi connectivity index (χ4n) is 2.80. The topological polar surface area (TPSA) is 78.4 Å². The highest BCUT2D eigenvalue weighted by molar-refractivity contribution is 6.06. The second-order valence-electron chi connectivity index (χ2n) is 6.11. The van der Waals surface area contributed by atoms with Crippen LogP contribution in [-0.4, -0.2) is 39.1 Å². The predicted octanol–water partition coefficient (Wildman–Crippen LogP) is 3.15. The third-order valence-electron chi connectivity index (χ3n) is 4.28. The molecular weight excluding hydrogens is 348 g/mol. The Morgan fingerprint density at radius 1 is 1.07 bits per heavy atom. The Bertz CT molecular complexity index is 836. The maximum Gasteiger partial charge on any atom is 0.268 e. The number of carbonyl (C=O) groups is 1. The van der Waals surface area contributed by atoms with Crippen LogP contribution in [0.2, 0.25) is 0 Å². The number of aryl methyl sites for hydroxylation is 1. The Hall–Kier alpha value is -3.22. The molecule has 2 aromatic carbocycles. The summed E-state index contributed by atoms with van der Waals surface area (Å²) in [5, 5.41) is 6.91. The van der Waals surface area contributed by atoms with E-state index < -0.39 is 6.10 Å². The molecule has 0 aliphatic carbocycles. The van der Waals surface area contributed by atoms with Gasteiger partial charge >= 0.3 is 0 Å². The zero-order valence-corrected chi connectivity index (χ0v) is 15.7. The van der Waals surface area contributed by atoms with E-state index in [4.69, 9.17) is 19.0 Å². The zero-order valence-electron chi connectivity index (χ0n) is 15.7. The smallest absolute Gasteiger partial charge is 0.268 e. The maximum absolute atomic E-state index is 12.4. The van der Waals surface area contributed by atoms with Crippen LogP contribution in [0.15, 0.2) is 41.6 Å². The second kappa shape index (κ2) is 7.99. The lowest BCUT2D eigenvalue weighted by Crippen LogP contribution is -2.28. The van der Waals surface area contributed by atoms with Gasteiger partial charge in [0.1, 0.15) is 0 Å². The first kappa shape index (κ1) is 18.6. The maximum atomic E-state index is 12.4. The summed E-state index contributed by atoms with van der Waals surface area (Å²) in [6.45, 7) is 1.99. The molecule has 1 N–H and O–H groups in total. The fraction of sp³-hybridized carbons (Fsp3) is 0.300. The van der Waals surface area contributed by atoms with Gasteiger partial charge in [-0.2, -0.15) is 0 Å². The molecule has 142 valence electrons. The molecule has 0 unspecified atom stereocenters. The van der Waals surface area contributed by atoms with E-state index in [0.717, 1.165) is 16.8 Å². The fourth-order valence-corrected chi connectivity index (χ4v) is 2.80. The third-order valence-corrected chi connectivity index (χ3v) is 4.28. The molecule has 7 heteroatoms. The summed E-state index contributed by atoms with van der Waals surface area (Å²) in [4.78, 5) is 17.8. The molecule has 1 aliphatic heterocycles. The van der Waals surface area contributed by atoms with Crippen LogP contribution < -0.4 is 19.5 Å². The Morgan fingerprint density at radius 2 is 1.70 bits per heavy atom. The van der Waals surface area contributed by atoms with E-state index >= 15 is 0 Å². The predicted molar refractivity (Wildman–Crippen MR) is 102 cm³/mol. The largest absolute Gasteiger partial charge is 0.493 e. The Kier molecular flexibility index (Phi) is 5.49. The highest BCUT2D eigenvalue weighted by atomic mass is 16.6. The number of benzene rings is 2. The quantitative estimate of drug-likeness (QED) is 0.845. The van der Waals surface area contributed by atoms with Crippen molar-refractivity contribution in [3.8, 4) is 17.2 Å². The van der Waals surface area contributed by atoms with Crippen molar-refractivity contribution in [2.75, 3.05) is 26.6 Å². The number of nitrogens with one attached hydrogen (secondary N) is 1.